The van der Waals surface area contributed by atoms with E-state index in [0.717, 1.165) is 25.7 Å². The van der Waals surface area contributed by atoms with Gasteiger partial charge in [-0.3, -0.25) is 9.59 Å². The Labute approximate surface area is 159 Å². The monoisotopic (exact) mass is 398 g/mol. The molecular formula is C18H26N2O6S. The summed E-state index contributed by atoms with van der Waals surface area (Å²) >= 11 is 0. The molecule has 150 valence electrons. The van der Waals surface area contributed by atoms with Gasteiger partial charge in [-0.05, 0) is 37.0 Å². The Hall–Kier alpha value is -2.13. The van der Waals surface area contributed by atoms with E-state index < -0.39 is 21.9 Å². The molecule has 0 aliphatic heterocycles. The number of carbonyl (C=O) groups is 2. The predicted molar refractivity (Wildman–Crippen MR) is 99.3 cm³/mol. The molecule has 2 rings (SSSR count). The molecule has 1 aromatic rings. The molecule has 1 amide bonds. The molecule has 1 aliphatic rings. The second kappa shape index (κ2) is 9.18. The maximum absolute atomic E-state index is 12.7. The van der Waals surface area contributed by atoms with Crippen LogP contribution in [0, 0.1) is 5.92 Å². The van der Waals surface area contributed by atoms with Crippen molar-refractivity contribution in [1.29, 1.82) is 0 Å². The van der Waals surface area contributed by atoms with Crippen LogP contribution in [-0.2, 0) is 14.8 Å². The topological polar surface area (TPSA) is 122 Å². The molecule has 1 fully saturated rings. The Morgan fingerprint density at radius 3 is 2.56 bits per heavy atom. The summed E-state index contributed by atoms with van der Waals surface area (Å²) in [4.78, 5) is 23.0. The van der Waals surface area contributed by atoms with Crippen molar-refractivity contribution in [2.45, 2.75) is 50.0 Å². The molecule has 1 atom stereocenters. The van der Waals surface area contributed by atoms with Crippen LogP contribution in [0.4, 0.5) is 0 Å². The number of carboxylic acids is 1. The summed E-state index contributed by atoms with van der Waals surface area (Å²) in [5, 5.41) is 11.4. The van der Waals surface area contributed by atoms with E-state index in [-0.39, 0.29) is 41.1 Å². The zero-order valence-electron chi connectivity index (χ0n) is 15.5. The van der Waals surface area contributed by atoms with Crippen molar-refractivity contribution < 1.29 is 27.9 Å². The molecule has 0 heterocycles. The molecule has 9 heteroatoms. The number of aliphatic carboxylic acids is 1. The van der Waals surface area contributed by atoms with Crippen LogP contribution >= 0.6 is 0 Å². The number of ether oxygens (including phenoxy) is 1. The average molecular weight is 398 g/mol. The third-order valence-corrected chi connectivity index (χ3v) is 6.07. The Balaban J connectivity index is 2.16. The van der Waals surface area contributed by atoms with Gasteiger partial charge in [0, 0.05) is 24.6 Å². The number of methoxy groups -OCH3 is 1. The van der Waals surface area contributed by atoms with E-state index in [1.807, 2.05) is 0 Å². The molecule has 0 saturated heterocycles. The predicted octanol–water partition coefficient (Wildman–Crippen LogP) is 1.76. The van der Waals surface area contributed by atoms with Crippen molar-refractivity contribution in [2.75, 3.05) is 13.7 Å². The molecule has 1 aromatic carbocycles. The first-order valence-electron chi connectivity index (χ1n) is 8.93. The molecule has 27 heavy (non-hydrogen) atoms. The lowest BCUT2D eigenvalue weighted by Gasteiger charge is -2.16. The second-order valence-corrected chi connectivity index (χ2v) is 8.56. The lowest BCUT2D eigenvalue weighted by atomic mass is 10.1. The van der Waals surface area contributed by atoms with E-state index in [1.54, 1.807) is 6.92 Å². The van der Waals surface area contributed by atoms with Crippen molar-refractivity contribution in [3.8, 4) is 5.75 Å². The largest absolute Gasteiger partial charge is 0.495 e. The van der Waals surface area contributed by atoms with Crippen LogP contribution < -0.4 is 14.8 Å². The average Bonchev–Trinajstić information content (AvgIpc) is 3.10. The maximum atomic E-state index is 12.7. The number of rotatable bonds is 9. The van der Waals surface area contributed by atoms with Crippen molar-refractivity contribution in [2.24, 2.45) is 5.92 Å². The van der Waals surface area contributed by atoms with Gasteiger partial charge >= 0.3 is 5.97 Å². The molecule has 1 aliphatic carbocycles. The molecule has 1 unspecified atom stereocenters. The number of hydrogen-bond acceptors (Lipinski definition) is 5. The van der Waals surface area contributed by atoms with Gasteiger partial charge in [0.1, 0.15) is 10.6 Å². The second-order valence-electron chi connectivity index (χ2n) is 6.88. The van der Waals surface area contributed by atoms with Crippen molar-refractivity contribution >= 4 is 21.9 Å². The maximum Gasteiger partial charge on any atom is 0.303 e. The zero-order valence-corrected chi connectivity index (χ0v) is 16.3. The molecule has 3 N–H and O–H groups in total. The van der Waals surface area contributed by atoms with Gasteiger partial charge in [0.05, 0.1) is 7.11 Å². The minimum Gasteiger partial charge on any atom is -0.495 e. The number of nitrogens with one attached hydrogen (secondary N) is 2. The van der Waals surface area contributed by atoms with Crippen LogP contribution in [0.3, 0.4) is 0 Å². The zero-order chi connectivity index (χ0) is 20.0. The van der Waals surface area contributed by atoms with Crippen LogP contribution in [-0.4, -0.2) is 45.1 Å². The first-order valence-corrected chi connectivity index (χ1v) is 10.4. The van der Waals surface area contributed by atoms with Crippen LogP contribution in [0.5, 0.6) is 5.75 Å². The van der Waals surface area contributed by atoms with Crippen LogP contribution in [0.25, 0.3) is 0 Å². The highest BCUT2D eigenvalue weighted by Crippen LogP contribution is 2.27. The van der Waals surface area contributed by atoms with E-state index in [2.05, 4.69) is 10.0 Å². The van der Waals surface area contributed by atoms with Crippen LogP contribution in [0.2, 0.25) is 0 Å². The number of hydrogen-bond donors (Lipinski definition) is 3. The molecule has 1 saturated carbocycles. The third kappa shape index (κ3) is 5.93. The lowest BCUT2D eigenvalue weighted by molar-refractivity contribution is -0.137. The van der Waals surface area contributed by atoms with Gasteiger partial charge in [-0.1, -0.05) is 19.8 Å². The van der Waals surface area contributed by atoms with Crippen molar-refractivity contribution in [1.82, 2.24) is 10.0 Å². The van der Waals surface area contributed by atoms with E-state index in [4.69, 9.17) is 9.84 Å². The Morgan fingerprint density at radius 2 is 1.96 bits per heavy atom. The first kappa shape index (κ1) is 21.2. The Morgan fingerprint density at radius 1 is 1.30 bits per heavy atom. The fraction of sp³-hybridized carbons (Fsp3) is 0.556. The number of sulfonamides is 1. The summed E-state index contributed by atoms with van der Waals surface area (Å²) in [6.45, 7) is 1.89. The van der Waals surface area contributed by atoms with Gasteiger partial charge in [0.25, 0.3) is 5.91 Å². The van der Waals surface area contributed by atoms with Crippen LogP contribution in [0.1, 0.15) is 49.4 Å². The van der Waals surface area contributed by atoms with Crippen molar-refractivity contribution in [3.63, 3.8) is 0 Å². The fourth-order valence-electron chi connectivity index (χ4n) is 3.09. The Bertz CT molecular complexity index is 787. The van der Waals surface area contributed by atoms with Gasteiger partial charge in [-0.2, -0.15) is 0 Å². The van der Waals surface area contributed by atoms with E-state index >= 15 is 0 Å². The Kier molecular flexibility index (Phi) is 7.20. The van der Waals surface area contributed by atoms with E-state index in [0.29, 0.717) is 0 Å². The standard InChI is InChI=1S/C18H26N2O6S/c1-12(9-17(21)22)11-19-18(23)13-7-8-15(26-2)16(10-13)27(24,25)20-14-5-3-4-6-14/h7-8,10,12,14,20H,3-6,9,11H2,1-2H3,(H,19,23)(H,21,22). The molecule has 0 spiro atoms. The van der Waals surface area contributed by atoms with Gasteiger partial charge < -0.3 is 15.2 Å². The van der Waals surface area contributed by atoms with Gasteiger partial charge in [0.2, 0.25) is 10.0 Å². The quantitative estimate of drug-likeness (QED) is 0.583. The summed E-state index contributed by atoms with van der Waals surface area (Å²) in [6.07, 6.45) is 3.50. The lowest BCUT2D eigenvalue weighted by Crippen LogP contribution is -2.33. The summed E-state index contributed by atoms with van der Waals surface area (Å²) in [5.41, 5.74) is 0.171. The van der Waals surface area contributed by atoms with E-state index in [1.165, 1.54) is 25.3 Å². The van der Waals surface area contributed by atoms with E-state index in [9.17, 15) is 18.0 Å². The third-order valence-electron chi connectivity index (χ3n) is 4.53. The molecule has 0 aromatic heterocycles. The fourth-order valence-corrected chi connectivity index (χ4v) is 4.59. The molecule has 8 nitrogen and oxygen atoms in total. The summed E-state index contributed by atoms with van der Waals surface area (Å²) in [6, 6.07) is 4.10. The summed E-state index contributed by atoms with van der Waals surface area (Å²) < 4.78 is 33.3. The SMILES string of the molecule is COc1ccc(C(=O)NCC(C)CC(=O)O)cc1S(=O)(=O)NC1CCCC1. The highest BCUT2D eigenvalue weighted by molar-refractivity contribution is 7.89. The van der Waals surface area contributed by atoms with Crippen molar-refractivity contribution in [3.05, 3.63) is 23.8 Å². The molecule has 0 radical (unpaired) electrons. The number of carboxylic acid groups (broad SMARTS) is 1. The van der Waals surface area contributed by atoms with Gasteiger partial charge in [-0.25, -0.2) is 13.1 Å². The minimum absolute atomic E-state index is 0.0617. The molecular weight excluding hydrogens is 372 g/mol. The number of amides is 1. The first-order chi connectivity index (χ1) is 12.7. The molecule has 0 bridgehead atoms. The number of carbonyl (C=O) groups excluding carboxylic acids is 1. The highest BCUT2D eigenvalue weighted by atomic mass is 32.2. The summed E-state index contributed by atoms with van der Waals surface area (Å²) in [7, 11) is -2.45. The normalized spacial score (nSPS) is 16.1. The van der Waals surface area contributed by atoms with Crippen LogP contribution in [0.15, 0.2) is 23.1 Å². The number of benzene rings is 1. The van der Waals surface area contributed by atoms with Gasteiger partial charge in [0.15, 0.2) is 0 Å². The summed E-state index contributed by atoms with van der Waals surface area (Å²) in [5.74, 6) is -1.48. The highest BCUT2D eigenvalue weighted by Gasteiger charge is 2.26. The smallest absolute Gasteiger partial charge is 0.303 e. The minimum atomic E-state index is -3.82. The van der Waals surface area contributed by atoms with Gasteiger partial charge in [-0.15, -0.1) is 0 Å².